The minimum Gasteiger partial charge on any atom is -0.379 e. The first-order valence-corrected chi connectivity index (χ1v) is 14.3. The lowest BCUT2D eigenvalue weighted by atomic mass is 9.86. The van der Waals surface area contributed by atoms with Crippen molar-refractivity contribution in [1.82, 2.24) is 14.7 Å². The van der Waals surface area contributed by atoms with Gasteiger partial charge in [-0.25, -0.2) is 4.39 Å². The summed E-state index contributed by atoms with van der Waals surface area (Å²) < 4.78 is 19.0. The first-order valence-electron chi connectivity index (χ1n) is 13.4. The van der Waals surface area contributed by atoms with Crippen LogP contribution in [-0.2, 0) is 28.0 Å². The number of rotatable bonds is 10. The van der Waals surface area contributed by atoms with Gasteiger partial charge in [-0.2, -0.15) is 0 Å². The summed E-state index contributed by atoms with van der Waals surface area (Å²) in [5.74, 6) is -0.614. The van der Waals surface area contributed by atoms with Crippen LogP contribution < -0.4 is 0 Å². The molecule has 0 radical (unpaired) electrons. The van der Waals surface area contributed by atoms with Gasteiger partial charge in [-0.3, -0.25) is 14.5 Å². The Balaban J connectivity index is 1.53. The zero-order valence-corrected chi connectivity index (χ0v) is 23.9. The number of thiophene rings is 1. The van der Waals surface area contributed by atoms with Crippen LogP contribution in [0, 0.1) is 5.82 Å². The summed E-state index contributed by atoms with van der Waals surface area (Å²) >= 11 is 1.58. The normalized spacial score (nSPS) is 14.3. The van der Waals surface area contributed by atoms with E-state index in [0.717, 1.165) is 29.1 Å². The van der Waals surface area contributed by atoms with Gasteiger partial charge in [0, 0.05) is 43.2 Å². The number of benzene rings is 2. The molecule has 1 aromatic heterocycles. The zero-order chi connectivity index (χ0) is 27.8. The van der Waals surface area contributed by atoms with Crippen LogP contribution in [0.4, 0.5) is 4.39 Å². The molecule has 0 unspecified atom stereocenters. The number of ether oxygens (including phenoxy) is 1. The van der Waals surface area contributed by atoms with E-state index in [9.17, 15) is 14.0 Å². The fourth-order valence-electron chi connectivity index (χ4n) is 4.53. The number of carbonyl (C=O) groups is 2. The van der Waals surface area contributed by atoms with Crippen LogP contribution in [0.3, 0.4) is 0 Å². The lowest BCUT2D eigenvalue weighted by molar-refractivity contribution is -0.133. The zero-order valence-electron chi connectivity index (χ0n) is 23.1. The van der Waals surface area contributed by atoms with Crippen molar-refractivity contribution in [3.05, 3.63) is 93.4 Å². The van der Waals surface area contributed by atoms with Crippen LogP contribution in [0.2, 0.25) is 0 Å². The summed E-state index contributed by atoms with van der Waals surface area (Å²) in [6.45, 7) is 11.2. The first kappa shape index (κ1) is 28.9. The van der Waals surface area contributed by atoms with Gasteiger partial charge in [0.15, 0.2) is 0 Å². The van der Waals surface area contributed by atoms with Gasteiger partial charge < -0.3 is 14.5 Å². The highest BCUT2D eigenvalue weighted by Crippen LogP contribution is 2.23. The maximum absolute atomic E-state index is 13.8. The maximum atomic E-state index is 13.8. The highest BCUT2D eigenvalue weighted by Gasteiger charge is 2.25. The molecule has 0 aliphatic carbocycles. The van der Waals surface area contributed by atoms with Crippen LogP contribution in [-0.4, -0.2) is 72.5 Å². The van der Waals surface area contributed by atoms with Gasteiger partial charge in [0.2, 0.25) is 5.91 Å². The summed E-state index contributed by atoms with van der Waals surface area (Å²) in [6, 6.07) is 17.9. The van der Waals surface area contributed by atoms with Crippen molar-refractivity contribution in [3.63, 3.8) is 0 Å². The van der Waals surface area contributed by atoms with E-state index in [1.807, 2.05) is 41.8 Å². The molecule has 2 amide bonds. The predicted octanol–water partition coefficient (Wildman–Crippen LogP) is 5.19. The van der Waals surface area contributed by atoms with Crippen molar-refractivity contribution in [3.8, 4) is 0 Å². The molecular formula is C31H38FN3O3S. The van der Waals surface area contributed by atoms with Gasteiger partial charge in [0.1, 0.15) is 12.4 Å². The Labute approximate surface area is 235 Å². The smallest absolute Gasteiger partial charge is 0.254 e. The molecule has 0 N–H and O–H groups in total. The topological polar surface area (TPSA) is 53.1 Å². The lowest BCUT2D eigenvalue weighted by Crippen LogP contribution is -2.47. The first-order chi connectivity index (χ1) is 18.7. The van der Waals surface area contributed by atoms with Gasteiger partial charge in [-0.05, 0) is 52.3 Å². The standard InChI is InChI=1S/C31H38FN3O3S/c1-31(2,3)26-10-8-25(9-11-26)30(37)34(15-14-33-16-18-38-19-17-33)23-29(36)35(22-28-5-4-20-39-28)21-24-6-12-27(32)13-7-24/h4-13,20H,14-19,21-23H2,1-3H3. The highest BCUT2D eigenvalue weighted by atomic mass is 32.1. The lowest BCUT2D eigenvalue weighted by Gasteiger charge is -2.31. The van der Waals surface area contributed by atoms with Crippen LogP contribution in [0.15, 0.2) is 66.0 Å². The summed E-state index contributed by atoms with van der Waals surface area (Å²) in [4.78, 5) is 34.2. The number of hydrogen-bond donors (Lipinski definition) is 0. The molecule has 0 atom stereocenters. The number of carbonyl (C=O) groups excluding carboxylic acids is 2. The van der Waals surface area contributed by atoms with Crippen molar-refractivity contribution in [2.24, 2.45) is 0 Å². The third-order valence-corrected chi connectivity index (χ3v) is 7.83. The molecule has 39 heavy (non-hydrogen) atoms. The van der Waals surface area contributed by atoms with Crippen LogP contribution >= 0.6 is 11.3 Å². The molecule has 4 rings (SSSR count). The molecular weight excluding hydrogens is 513 g/mol. The summed E-state index contributed by atoms with van der Waals surface area (Å²) in [7, 11) is 0. The molecule has 2 heterocycles. The van der Waals surface area contributed by atoms with E-state index in [1.54, 1.807) is 33.3 Å². The summed E-state index contributed by atoms with van der Waals surface area (Å²) in [6.07, 6.45) is 0. The summed E-state index contributed by atoms with van der Waals surface area (Å²) in [5, 5.41) is 1.98. The van der Waals surface area contributed by atoms with Crippen molar-refractivity contribution in [1.29, 1.82) is 0 Å². The molecule has 0 spiro atoms. The second kappa shape index (κ2) is 13.3. The van der Waals surface area contributed by atoms with Crippen LogP contribution in [0.1, 0.15) is 47.1 Å². The van der Waals surface area contributed by atoms with Gasteiger partial charge in [-0.1, -0.05) is 51.1 Å². The van der Waals surface area contributed by atoms with Crippen molar-refractivity contribution < 1.29 is 18.7 Å². The molecule has 208 valence electrons. The van der Waals surface area contributed by atoms with Crippen molar-refractivity contribution >= 4 is 23.2 Å². The monoisotopic (exact) mass is 551 g/mol. The molecule has 6 nitrogen and oxygen atoms in total. The molecule has 0 saturated carbocycles. The molecule has 1 fully saturated rings. The Morgan fingerprint density at radius 1 is 0.949 bits per heavy atom. The minimum atomic E-state index is -0.313. The number of morpholine rings is 1. The Hall–Kier alpha value is -3.07. The number of hydrogen-bond acceptors (Lipinski definition) is 5. The molecule has 2 aromatic carbocycles. The van der Waals surface area contributed by atoms with Gasteiger partial charge in [-0.15, -0.1) is 11.3 Å². The molecule has 8 heteroatoms. The number of amides is 2. The predicted molar refractivity (Wildman–Crippen MR) is 153 cm³/mol. The fraction of sp³-hybridized carbons (Fsp3) is 0.419. The Morgan fingerprint density at radius 3 is 2.26 bits per heavy atom. The Morgan fingerprint density at radius 2 is 1.64 bits per heavy atom. The van der Waals surface area contributed by atoms with E-state index in [4.69, 9.17) is 4.74 Å². The van der Waals surface area contributed by atoms with E-state index in [-0.39, 0.29) is 29.6 Å². The second-order valence-electron chi connectivity index (χ2n) is 11.0. The SMILES string of the molecule is CC(C)(C)c1ccc(C(=O)N(CCN2CCOCC2)CC(=O)N(Cc2ccc(F)cc2)Cc2cccs2)cc1. The largest absolute Gasteiger partial charge is 0.379 e. The average Bonchev–Trinajstić information content (AvgIpc) is 3.45. The Bertz CT molecular complexity index is 1200. The highest BCUT2D eigenvalue weighted by molar-refractivity contribution is 7.09. The maximum Gasteiger partial charge on any atom is 0.254 e. The van der Waals surface area contributed by atoms with Crippen molar-refractivity contribution in [2.75, 3.05) is 45.9 Å². The quantitative estimate of drug-likeness (QED) is 0.348. The minimum absolute atomic E-state index is 0.0176. The van der Waals surface area contributed by atoms with E-state index in [1.165, 1.54) is 12.1 Å². The fourth-order valence-corrected chi connectivity index (χ4v) is 5.25. The van der Waals surface area contributed by atoms with E-state index >= 15 is 0 Å². The average molecular weight is 552 g/mol. The molecule has 0 bridgehead atoms. The van der Waals surface area contributed by atoms with Gasteiger partial charge in [0.25, 0.3) is 5.91 Å². The van der Waals surface area contributed by atoms with Gasteiger partial charge in [0.05, 0.1) is 19.8 Å². The van der Waals surface area contributed by atoms with E-state index in [2.05, 4.69) is 25.7 Å². The second-order valence-corrected chi connectivity index (χ2v) is 12.0. The molecule has 1 saturated heterocycles. The molecule has 3 aromatic rings. The molecule has 1 aliphatic heterocycles. The Kier molecular flexibility index (Phi) is 9.88. The molecule has 1 aliphatic rings. The van der Waals surface area contributed by atoms with Gasteiger partial charge >= 0.3 is 0 Å². The van der Waals surface area contributed by atoms with Crippen LogP contribution in [0.25, 0.3) is 0 Å². The van der Waals surface area contributed by atoms with Crippen molar-refractivity contribution in [2.45, 2.75) is 39.3 Å². The third-order valence-electron chi connectivity index (χ3n) is 6.97. The van der Waals surface area contributed by atoms with E-state index < -0.39 is 0 Å². The summed E-state index contributed by atoms with van der Waals surface area (Å²) in [5.41, 5.74) is 2.54. The van der Waals surface area contributed by atoms with Crippen LogP contribution in [0.5, 0.6) is 0 Å². The number of nitrogens with zero attached hydrogens (tertiary/aromatic N) is 3. The number of halogens is 1. The van der Waals surface area contributed by atoms with E-state index in [0.29, 0.717) is 45.0 Å². The third kappa shape index (κ3) is 8.46.